The van der Waals surface area contributed by atoms with Gasteiger partial charge in [0, 0.05) is 40.0 Å². The van der Waals surface area contributed by atoms with Crippen molar-refractivity contribution >= 4 is 28.8 Å². The zero-order chi connectivity index (χ0) is 18.0. The summed E-state index contributed by atoms with van der Waals surface area (Å²) in [6.45, 7) is 1.58. The minimum absolute atomic E-state index is 0.0312. The largest absolute Gasteiger partial charge is 0.343 e. The first-order chi connectivity index (χ1) is 12.0. The summed E-state index contributed by atoms with van der Waals surface area (Å²) >= 11 is 0. The minimum Gasteiger partial charge on any atom is -0.343 e. The highest BCUT2D eigenvalue weighted by molar-refractivity contribution is 5.93. The van der Waals surface area contributed by atoms with Crippen molar-refractivity contribution in [3.8, 4) is 0 Å². The zero-order valence-corrected chi connectivity index (χ0v) is 14.6. The highest BCUT2D eigenvalue weighted by Gasteiger charge is 2.17. The molecule has 0 aliphatic carbocycles. The Morgan fingerprint density at radius 1 is 1.08 bits per heavy atom. The summed E-state index contributed by atoms with van der Waals surface area (Å²) in [6, 6.07) is 3.41. The molecule has 0 unspecified atom stereocenters. The highest BCUT2D eigenvalue weighted by atomic mass is 16.2. The Balaban J connectivity index is 1.61. The predicted octanol–water partition coefficient (Wildman–Crippen LogP) is 1.00. The molecule has 8 heteroatoms. The average molecular weight is 345 g/mol. The number of rotatable bonds is 4. The normalized spacial score (nSPS) is 14.7. The van der Waals surface area contributed by atoms with E-state index in [4.69, 9.17) is 0 Å². The van der Waals surface area contributed by atoms with Gasteiger partial charge in [0.15, 0.2) is 5.65 Å². The van der Waals surface area contributed by atoms with Crippen LogP contribution in [0.4, 0.5) is 5.82 Å². The van der Waals surface area contributed by atoms with Crippen molar-refractivity contribution in [2.75, 3.05) is 18.4 Å². The molecule has 0 bridgehead atoms. The number of carbonyl (C=O) groups excluding carboxylic acids is 2. The van der Waals surface area contributed by atoms with Gasteiger partial charge in [-0.15, -0.1) is 0 Å². The molecule has 2 aromatic rings. The molecule has 8 nitrogen and oxygen atoms in total. The van der Waals surface area contributed by atoms with Crippen LogP contribution in [-0.4, -0.2) is 43.9 Å². The van der Waals surface area contributed by atoms with Crippen molar-refractivity contribution in [2.24, 2.45) is 14.1 Å². The summed E-state index contributed by atoms with van der Waals surface area (Å²) in [6.07, 6.45) is 3.58. The molecule has 1 N–H and O–H groups in total. The first-order valence-electron chi connectivity index (χ1n) is 8.57. The van der Waals surface area contributed by atoms with Crippen LogP contribution < -0.4 is 11.0 Å². The van der Waals surface area contributed by atoms with E-state index in [1.54, 1.807) is 26.2 Å². The summed E-state index contributed by atoms with van der Waals surface area (Å²) < 4.78 is 2.94. The summed E-state index contributed by atoms with van der Waals surface area (Å²) in [5, 5.41) is 2.70. The zero-order valence-electron chi connectivity index (χ0n) is 14.6. The number of nitrogens with zero attached hydrogens (tertiary/aromatic N) is 4. The van der Waals surface area contributed by atoms with Crippen molar-refractivity contribution in [2.45, 2.75) is 32.1 Å². The predicted molar refractivity (Wildman–Crippen MR) is 94.2 cm³/mol. The molecule has 1 aliphatic heterocycles. The number of piperidine rings is 1. The number of fused-ring (bicyclic) bond motifs is 1. The summed E-state index contributed by atoms with van der Waals surface area (Å²) in [7, 11) is 3.32. The van der Waals surface area contributed by atoms with Gasteiger partial charge in [0.1, 0.15) is 5.82 Å². The van der Waals surface area contributed by atoms with Crippen LogP contribution in [0.15, 0.2) is 16.9 Å². The molecule has 3 heterocycles. The fourth-order valence-electron chi connectivity index (χ4n) is 3.17. The number of amides is 2. The van der Waals surface area contributed by atoms with Gasteiger partial charge in [-0.3, -0.25) is 18.7 Å². The summed E-state index contributed by atoms with van der Waals surface area (Å²) in [4.78, 5) is 42.3. The molecule has 0 atom stereocenters. The Morgan fingerprint density at radius 2 is 1.80 bits per heavy atom. The van der Waals surface area contributed by atoms with Crippen LogP contribution in [0.25, 0.3) is 11.2 Å². The standard InChI is InChI=1S/C17H23N5O3/c1-20-12-6-7-13(19-16(12)21(2)17(20)25)18-14(23)8-9-15(24)22-10-4-3-5-11-22/h6-7H,3-5,8-11H2,1-2H3,(H,18,19,23). The van der Waals surface area contributed by atoms with E-state index < -0.39 is 0 Å². The maximum Gasteiger partial charge on any atom is 0.329 e. The van der Waals surface area contributed by atoms with Gasteiger partial charge < -0.3 is 10.2 Å². The lowest BCUT2D eigenvalue weighted by Gasteiger charge is -2.26. The monoisotopic (exact) mass is 345 g/mol. The fraction of sp³-hybridized carbons (Fsp3) is 0.529. The molecule has 1 fully saturated rings. The number of hydrogen-bond acceptors (Lipinski definition) is 4. The van der Waals surface area contributed by atoms with Crippen LogP contribution in [0.1, 0.15) is 32.1 Å². The van der Waals surface area contributed by atoms with Crippen molar-refractivity contribution < 1.29 is 9.59 Å². The van der Waals surface area contributed by atoms with Gasteiger partial charge in [-0.25, -0.2) is 9.78 Å². The molecule has 1 aliphatic rings. The fourth-order valence-corrected chi connectivity index (χ4v) is 3.17. The lowest BCUT2D eigenvalue weighted by Crippen LogP contribution is -2.35. The van der Waals surface area contributed by atoms with Gasteiger partial charge >= 0.3 is 5.69 Å². The molecule has 1 saturated heterocycles. The van der Waals surface area contributed by atoms with E-state index in [2.05, 4.69) is 10.3 Å². The number of anilines is 1. The molecular weight excluding hydrogens is 322 g/mol. The number of likely N-dealkylation sites (tertiary alicyclic amines) is 1. The second kappa shape index (κ2) is 7.08. The Bertz CT molecular complexity index is 861. The quantitative estimate of drug-likeness (QED) is 0.895. The number of aryl methyl sites for hydroxylation is 2. The number of aromatic nitrogens is 3. The van der Waals surface area contributed by atoms with E-state index in [0.717, 1.165) is 25.9 Å². The van der Waals surface area contributed by atoms with Crippen LogP contribution >= 0.6 is 0 Å². The highest BCUT2D eigenvalue weighted by Crippen LogP contribution is 2.14. The SMILES string of the molecule is Cn1c(=O)n(C)c2nc(NC(=O)CCC(=O)N3CCCCC3)ccc21. The molecule has 2 aromatic heterocycles. The molecule has 2 amide bonds. The van der Waals surface area contributed by atoms with E-state index in [-0.39, 0.29) is 30.3 Å². The summed E-state index contributed by atoms with van der Waals surface area (Å²) in [5.41, 5.74) is 1.04. The molecule has 3 rings (SSSR count). The van der Waals surface area contributed by atoms with Crippen LogP contribution in [-0.2, 0) is 23.7 Å². The van der Waals surface area contributed by atoms with Crippen molar-refractivity contribution in [1.29, 1.82) is 0 Å². The van der Waals surface area contributed by atoms with Gasteiger partial charge in [-0.05, 0) is 31.4 Å². The Labute approximate surface area is 145 Å². The van der Waals surface area contributed by atoms with E-state index >= 15 is 0 Å². The van der Waals surface area contributed by atoms with Crippen LogP contribution in [0.2, 0.25) is 0 Å². The van der Waals surface area contributed by atoms with Gasteiger partial charge in [-0.2, -0.15) is 0 Å². The first-order valence-corrected chi connectivity index (χ1v) is 8.57. The Morgan fingerprint density at radius 3 is 2.52 bits per heavy atom. The van der Waals surface area contributed by atoms with E-state index in [1.165, 1.54) is 15.6 Å². The van der Waals surface area contributed by atoms with Crippen molar-refractivity contribution in [1.82, 2.24) is 19.0 Å². The smallest absolute Gasteiger partial charge is 0.329 e. The minimum atomic E-state index is -0.252. The molecular formula is C17H23N5O3. The van der Waals surface area contributed by atoms with Gasteiger partial charge in [0.05, 0.1) is 5.52 Å². The van der Waals surface area contributed by atoms with Gasteiger partial charge in [0.2, 0.25) is 11.8 Å². The lowest BCUT2D eigenvalue weighted by atomic mass is 10.1. The second-order valence-electron chi connectivity index (χ2n) is 6.43. The molecule has 25 heavy (non-hydrogen) atoms. The van der Waals surface area contributed by atoms with Gasteiger partial charge in [-0.1, -0.05) is 0 Å². The van der Waals surface area contributed by atoms with E-state index in [1.807, 2.05) is 4.90 Å². The van der Waals surface area contributed by atoms with Crippen LogP contribution in [0.5, 0.6) is 0 Å². The molecule has 134 valence electrons. The van der Waals surface area contributed by atoms with Crippen molar-refractivity contribution in [3.05, 3.63) is 22.6 Å². The lowest BCUT2D eigenvalue weighted by molar-refractivity contribution is -0.133. The number of carbonyl (C=O) groups is 2. The van der Waals surface area contributed by atoms with Crippen molar-refractivity contribution in [3.63, 3.8) is 0 Å². The van der Waals surface area contributed by atoms with Crippen LogP contribution in [0, 0.1) is 0 Å². The second-order valence-corrected chi connectivity index (χ2v) is 6.43. The molecule has 0 aromatic carbocycles. The molecule has 0 radical (unpaired) electrons. The Kier molecular flexibility index (Phi) is 4.87. The van der Waals surface area contributed by atoms with Crippen LogP contribution in [0.3, 0.4) is 0 Å². The topological polar surface area (TPSA) is 89.2 Å². The number of nitrogens with one attached hydrogen (secondary N) is 1. The molecule has 0 spiro atoms. The van der Waals surface area contributed by atoms with E-state index in [0.29, 0.717) is 17.0 Å². The van der Waals surface area contributed by atoms with E-state index in [9.17, 15) is 14.4 Å². The Hall–Kier alpha value is -2.64. The molecule has 0 saturated carbocycles. The maximum absolute atomic E-state index is 12.1. The third kappa shape index (κ3) is 3.57. The third-order valence-electron chi connectivity index (χ3n) is 4.65. The number of imidazole rings is 1. The number of hydrogen-bond donors (Lipinski definition) is 1. The number of pyridine rings is 1. The van der Waals surface area contributed by atoms with Gasteiger partial charge in [0.25, 0.3) is 0 Å². The average Bonchev–Trinajstić information content (AvgIpc) is 2.84. The first kappa shape index (κ1) is 17.2. The third-order valence-corrected chi connectivity index (χ3v) is 4.65. The summed E-state index contributed by atoms with van der Waals surface area (Å²) in [5.74, 6) is 0.158. The maximum atomic E-state index is 12.1.